The Labute approximate surface area is 132 Å². The molecule has 0 saturated carbocycles. The van der Waals surface area contributed by atoms with E-state index in [4.69, 9.17) is 5.26 Å². The van der Waals surface area contributed by atoms with Gasteiger partial charge in [-0.05, 0) is 44.5 Å². The number of hydrogen-bond donors (Lipinski definition) is 1. The summed E-state index contributed by atoms with van der Waals surface area (Å²) >= 11 is 0. The maximum atomic E-state index is 12.4. The number of amides is 2. The van der Waals surface area contributed by atoms with Crippen LogP contribution >= 0.6 is 0 Å². The number of nitrogens with one attached hydrogen (secondary N) is 1. The molecule has 22 heavy (non-hydrogen) atoms. The van der Waals surface area contributed by atoms with Gasteiger partial charge in [-0.1, -0.05) is 13.0 Å². The van der Waals surface area contributed by atoms with Gasteiger partial charge in [0, 0.05) is 31.4 Å². The van der Waals surface area contributed by atoms with Crippen LogP contribution in [0, 0.1) is 11.3 Å². The number of likely N-dealkylation sites (tertiary alicyclic amines) is 1. The first-order valence-electron chi connectivity index (χ1n) is 7.83. The Balaban J connectivity index is 1.96. The molecule has 5 heteroatoms. The van der Waals surface area contributed by atoms with Crippen molar-refractivity contribution in [3.05, 3.63) is 29.8 Å². The summed E-state index contributed by atoms with van der Waals surface area (Å²) in [5.41, 5.74) is 1.21. The van der Waals surface area contributed by atoms with E-state index >= 15 is 0 Å². The maximum absolute atomic E-state index is 12.4. The summed E-state index contributed by atoms with van der Waals surface area (Å²) in [6.07, 6.45) is 2.00. The second-order valence-corrected chi connectivity index (χ2v) is 5.89. The molecule has 0 aliphatic carbocycles. The number of nitriles is 1. The van der Waals surface area contributed by atoms with Crippen LogP contribution in [0.3, 0.4) is 0 Å². The van der Waals surface area contributed by atoms with Gasteiger partial charge in [0.15, 0.2) is 0 Å². The lowest BCUT2D eigenvalue weighted by atomic mass is 9.97. The number of hydrogen-bond acceptors (Lipinski definition) is 3. The van der Waals surface area contributed by atoms with E-state index < -0.39 is 0 Å². The van der Waals surface area contributed by atoms with Crippen molar-refractivity contribution < 1.29 is 4.79 Å². The highest BCUT2D eigenvalue weighted by Gasteiger charge is 2.29. The molecular weight excluding hydrogens is 276 g/mol. The van der Waals surface area contributed by atoms with Crippen LogP contribution in [0.2, 0.25) is 0 Å². The number of urea groups is 1. The van der Waals surface area contributed by atoms with Crippen molar-refractivity contribution in [2.45, 2.75) is 38.8 Å². The molecule has 118 valence electrons. The van der Waals surface area contributed by atoms with Crippen LogP contribution in [0.25, 0.3) is 0 Å². The highest BCUT2D eigenvalue weighted by molar-refractivity contribution is 5.89. The molecule has 0 radical (unpaired) electrons. The Kier molecular flexibility index (Phi) is 5.40. The molecule has 1 aromatic carbocycles. The number of anilines is 1. The zero-order chi connectivity index (χ0) is 16.1. The number of carbonyl (C=O) groups excluding carboxylic acids is 1. The zero-order valence-electron chi connectivity index (χ0n) is 13.5. The number of nitrogens with zero attached hydrogens (tertiary/aromatic N) is 3. The van der Waals surface area contributed by atoms with E-state index in [0.29, 0.717) is 17.3 Å². The van der Waals surface area contributed by atoms with E-state index in [1.807, 2.05) is 7.05 Å². The van der Waals surface area contributed by atoms with E-state index in [1.165, 1.54) is 0 Å². The van der Waals surface area contributed by atoms with Gasteiger partial charge in [-0.25, -0.2) is 4.79 Å². The second kappa shape index (κ2) is 7.28. The van der Waals surface area contributed by atoms with E-state index in [0.717, 1.165) is 25.9 Å². The summed E-state index contributed by atoms with van der Waals surface area (Å²) in [6.45, 7) is 6.49. The summed E-state index contributed by atoms with van der Waals surface area (Å²) in [6, 6.07) is 9.71. The van der Waals surface area contributed by atoms with Gasteiger partial charge in [0.25, 0.3) is 0 Å². The van der Waals surface area contributed by atoms with Gasteiger partial charge >= 0.3 is 6.03 Å². The number of rotatable bonds is 3. The molecule has 2 unspecified atom stereocenters. The third kappa shape index (κ3) is 3.77. The SMILES string of the molecule is CCN1CCC(N(C)C(=O)Nc2cccc(C#N)c2)CC1C. The number of benzene rings is 1. The van der Waals surface area contributed by atoms with Gasteiger partial charge < -0.3 is 15.1 Å². The summed E-state index contributed by atoms with van der Waals surface area (Å²) < 4.78 is 0. The van der Waals surface area contributed by atoms with Crippen LogP contribution in [0.5, 0.6) is 0 Å². The molecule has 1 N–H and O–H groups in total. The Bertz CT molecular complexity index is 566. The fourth-order valence-electron chi connectivity index (χ4n) is 3.06. The molecule has 1 saturated heterocycles. The van der Waals surface area contributed by atoms with Gasteiger partial charge in [-0.15, -0.1) is 0 Å². The normalized spacial score (nSPS) is 21.9. The Morgan fingerprint density at radius 3 is 2.95 bits per heavy atom. The first-order chi connectivity index (χ1) is 10.5. The molecule has 1 aromatic rings. The molecular formula is C17H24N4O. The van der Waals surface area contributed by atoms with Crippen molar-refractivity contribution in [1.82, 2.24) is 9.80 Å². The molecule has 2 rings (SSSR count). The summed E-state index contributed by atoms with van der Waals surface area (Å²) in [5.74, 6) is 0. The molecule has 1 aliphatic heterocycles. The molecule has 1 fully saturated rings. The molecule has 0 bridgehead atoms. The van der Waals surface area contributed by atoms with Crippen LogP contribution in [0.15, 0.2) is 24.3 Å². The average molecular weight is 300 g/mol. The molecule has 2 atom stereocenters. The second-order valence-electron chi connectivity index (χ2n) is 5.89. The van der Waals surface area contributed by atoms with Crippen LogP contribution in [0.1, 0.15) is 32.3 Å². The van der Waals surface area contributed by atoms with E-state index in [1.54, 1.807) is 29.2 Å². The molecule has 5 nitrogen and oxygen atoms in total. The molecule has 2 amide bonds. The van der Waals surface area contributed by atoms with Gasteiger partial charge in [0.05, 0.1) is 11.6 Å². The van der Waals surface area contributed by atoms with Crippen molar-refractivity contribution in [2.75, 3.05) is 25.5 Å². The molecule has 1 heterocycles. The van der Waals surface area contributed by atoms with Crippen molar-refractivity contribution in [3.8, 4) is 6.07 Å². The zero-order valence-corrected chi connectivity index (χ0v) is 13.5. The topological polar surface area (TPSA) is 59.4 Å². The Hall–Kier alpha value is -2.06. The Morgan fingerprint density at radius 1 is 1.55 bits per heavy atom. The minimum atomic E-state index is -0.114. The summed E-state index contributed by atoms with van der Waals surface area (Å²) in [5, 5.41) is 11.8. The maximum Gasteiger partial charge on any atom is 0.321 e. The predicted molar refractivity (Wildman–Crippen MR) is 87.7 cm³/mol. The van der Waals surface area contributed by atoms with Gasteiger partial charge in [-0.2, -0.15) is 5.26 Å². The van der Waals surface area contributed by atoms with Crippen LogP contribution in [0.4, 0.5) is 10.5 Å². The predicted octanol–water partition coefficient (Wildman–Crippen LogP) is 2.89. The molecule has 0 spiro atoms. The van der Waals surface area contributed by atoms with Crippen molar-refractivity contribution in [1.29, 1.82) is 5.26 Å². The third-order valence-electron chi connectivity index (χ3n) is 4.50. The summed E-state index contributed by atoms with van der Waals surface area (Å²) in [7, 11) is 1.85. The van der Waals surface area contributed by atoms with Crippen molar-refractivity contribution >= 4 is 11.7 Å². The highest BCUT2D eigenvalue weighted by Crippen LogP contribution is 2.21. The van der Waals surface area contributed by atoms with Gasteiger partial charge in [0.1, 0.15) is 0 Å². The Morgan fingerprint density at radius 2 is 2.32 bits per heavy atom. The smallest absolute Gasteiger partial charge is 0.321 e. The standard InChI is InChI=1S/C17H24N4O/c1-4-21-9-8-16(10-13(21)2)20(3)17(22)19-15-7-5-6-14(11-15)12-18/h5-7,11,13,16H,4,8-10H2,1-3H3,(H,19,22). The summed E-state index contributed by atoms with van der Waals surface area (Å²) in [4.78, 5) is 16.6. The lowest BCUT2D eigenvalue weighted by Gasteiger charge is -2.40. The van der Waals surface area contributed by atoms with Crippen molar-refractivity contribution in [2.24, 2.45) is 0 Å². The number of piperidine rings is 1. The van der Waals surface area contributed by atoms with E-state index in [-0.39, 0.29) is 12.1 Å². The monoisotopic (exact) mass is 300 g/mol. The fourth-order valence-corrected chi connectivity index (χ4v) is 3.06. The van der Waals surface area contributed by atoms with Crippen LogP contribution in [-0.2, 0) is 0 Å². The van der Waals surface area contributed by atoms with E-state index in [2.05, 4.69) is 30.1 Å². The van der Waals surface area contributed by atoms with Crippen LogP contribution < -0.4 is 5.32 Å². The minimum Gasteiger partial charge on any atom is -0.325 e. The third-order valence-corrected chi connectivity index (χ3v) is 4.50. The van der Waals surface area contributed by atoms with E-state index in [9.17, 15) is 4.79 Å². The lowest BCUT2D eigenvalue weighted by Crippen LogP contribution is -2.50. The number of carbonyl (C=O) groups is 1. The fraction of sp³-hybridized carbons (Fsp3) is 0.529. The molecule has 1 aliphatic rings. The lowest BCUT2D eigenvalue weighted by molar-refractivity contribution is 0.104. The van der Waals surface area contributed by atoms with Crippen molar-refractivity contribution in [3.63, 3.8) is 0 Å². The first kappa shape index (κ1) is 16.3. The highest BCUT2D eigenvalue weighted by atomic mass is 16.2. The minimum absolute atomic E-state index is 0.114. The molecule has 0 aromatic heterocycles. The first-order valence-corrected chi connectivity index (χ1v) is 7.83. The largest absolute Gasteiger partial charge is 0.325 e. The van der Waals surface area contributed by atoms with Crippen LogP contribution in [-0.4, -0.2) is 48.1 Å². The van der Waals surface area contributed by atoms with Gasteiger partial charge in [0.2, 0.25) is 0 Å². The van der Waals surface area contributed by atoms with Gasteiger partial charge in [-0.3, -0.25) is 0 Å². The average Bonchev–Trinajstić information content (AvgIpc) is 2.54. The quantitative estimate of drug-likeness (QED) is 0.933.